The third-order valence-corrected chi connectivity index (χ3v) is 3.01. The molecule has 0 amide bonds. The maximum atomic E-state index is 12.0. The molecule has 0 atom stereocenters. The Morgan fingerprint density at radius 2 is 2.05 bits per heavy atom. The quantitative estimate of drug-likeness (QED) is 0.861. The molecule has 0 saturated heterocycles. The molecule has 19 heavy (non-hydrogen) atoms. The summed E-state index contributed by atoms with van der Waals surface area (Å²) in [5.74, 6) is -0.206. The summed E-state index contributed by atoms with van der Waals surface area (Å²) in [6.45, 7) is 4.00. The van der Waals surface area contributed by atoms with Crippen molar-refractivity contribution in [3.8, 4) is 16.9 Å². The predicted molar refractivity (Wildman–Crippen MR) is 73.3 cm³/mol. The van der Waals surface area contributed by atoms with Gasteiger partial charge in [0.2, 0.25) is 0 Å². The van der Waals surface area contributed by atoms with Crippen molar-refractivity contribution in [1.29, 1.82) is 0 Å². The van der Waals surface area contributed by atoms with Crippen LogP contribution in [0.3, 0.4) is 0 Å². The summed E-state index contributed by atoms with van der Waals surface area (Å²) in [7, 11) is 1.37. The standard InChI is InChI=1S/C15H17NO3/c1-10(2)16-8-7-13(14(16)15(18)19-3)11-5-4-6-12(17)9-11/h4-10,17H,1-3H3. The molecule has 1 heterocycles. The maximum Gasteiger partial charge on any atom is 0.355 e. The van der Waals surface area contributed by atoms with E-state index in [-0.39, 0.29) is 17.8 Å². The van der Waals surface area contributed by atoms with Gasteiger partial charge in [-0.05, 0) is 37.6 Å². The Balaban J connectivity index is 2.61. The molecule has 1 N–H and O–H groups in total. The molecule has 1 aromatic carbocycles. The van der Waals surface area contributed by atoms with Crippen LogP contribution in [-0.2, 0) is 4.74 Å². The highest BCUT2D eigenvalue weighted by Crippen LogP contribution is 2.29. The van der Waals surface area contributed by atoms with E-state index in [1.807, 2.05) is 36.7 Å². The summed E-state index contributed by atoms with van der Waals surface area (Å²) in [5.41, 5.74) is 2.05. The number of aromatic nitrogens is 1. The molecule has 0 saturated carbocycles. The molecule has 100 valence electrons. The first-order valence-corrected chi connectivity index (χ1v) is 6.13. The minimum absolute atomic E-state index is 0.153. The third kappa shape index (κ3) is 2.47. The van der Waals surface area contributed by atoms with E-state index in [2.05, 4.69) is 0 Å². The summed E-state index contributed by atoms with van der Waals surface area (Å²) < 4.78 is 6.72. The highest BCUT2D eigenvalue weighted by atomic mass is 16.5. The van der Waals surface area contributed by atoms with E-state index >= 15 is 0 Å². The summed E-state index contributed by atoms with van der Waals surface area (Å²) in [4.78, 5) is 12.0. The number of carbonyl (C=O) groups is 1. The van der Waals surface area contributed by atoms with Crippen LogP contribution in [0.15, 0.2) is 36.5 Å². The molecule has 4 nitrogen and oxygen atoms in total. The summed E-state index contributed by atoms with van der Waals surface area (Å²) in [6.07, 6.45) is 1.86. The fraction of sp³-hybridized carbons (Fsp3) is 0.267. The van der Waals surface area contributed by atoms with Gasteiger partial charge in [-0.3, -0.25) is 0 Å². The molecule has 1 aromatic heterocycles. The third-order valence-electron chi connectivity index (χ3n) is 3.01. The first kappa shape index (κ1) is 13.2. The Hall–Kier alpha value is -2.23. The van der Waals surface area contributed by atoms with E-state index in [4.69, 9.17) is 4.74 Å². The first-order chi connectivity index (χ1) is 9.04. The number of esters is 1. The largest absolute Gasteiger partial charge is 0.508 e. The summed E-state index contributed by atoms with van der Waals surface area (Å²) in [6, 6.07) is 8.85. The molecule has 2 rings (SSSR count). The molecular formula is C15H17NO3. The zero-order chi connectivity index (χ0) is 14.0. The molecule has 0 radical (unpaired) electrons. The van der Waals surface area contributed by atoms with Gasteiger partial charge in [0.25, 0.3) is 0 Å². The van der Waals surface area contributed by atoms with Gasteiger partial charge in [0.05, 0.1) is 7.11 Å². The van der Waals surface area contributed by atoms with Crippen molar-refractivity contribution in [1.82, 2.24) is 4.57 Å². The van der Waals surface area contributed by atoms with Crippen LogP contribution in [0.1, 0.15) is 30.4 Å². The van der Waals surface area contributed by atoms with Gasteiger partial charge in [-0.1, -0.05) is 12.1 Å². The number of nitrogens with zero attached hydrogens (tertiary/aromatic N) is 1. The van der Waals surface area contributed by atoms with Gasteiger partial charge in [-0.25, -0.2) is 4.79 Å². The number of methoxy groups -OCH3 is 1. The van der Waals surface area contributed by atoms with Crippen LogP contribution in [0, 0.1) is 0 Å². The van der Waals surface area contributed by atoms with Crippen molar-refractivity contribution in [2.75, 3.05) is 7.11 Å². The predicted octanol–water partition coefficient (Wildman–Crippen LogP) is 3.23. The fourth-order valence-electron chi connectivity index (χ4n) is 2.10. The van der Waals surface area contributed by atoms with E-state index in [9.17, 15) is 9.90 Å². The topological polar surface area (TPSA) is 51.5 Å². The van der Waals surface area contributed by atoms with E-state index in [0.29, 0.717) is 5.69 Å². The Labute approximate surface area is 112 Å². The number of hydrogen-bond donors (Lipinski definition) is 1. The van der Waals surface area contributed by atoms with Gasteiger partial charge in [0.1, 0.15) is 11.4 Å². The van der Waals surface area contributed by atoms with Crippen molar-refractivity contribution in [3.63, 3.8) is 0 Å². The van der Waals surface area contributed by atoms with Crippen LogP contribution in [-0.4, -0.2) is 22.8 Å². The lowest BCUT2D eigenvalue weighted by Gasteiger charge is -2.13. The second-order valence-corrected chi connectivity index (χ2v) is 4.62. The maximum absolute atomic E-state index is 12.0. The summed E-state index contributed by atoms with van der Waals surface area (Å²) >= 11 is 0. The van der Waals surface area contributed by atoms with E-state index < -0.39 is 0 Å². The highest BCUT2D eigenvalue weighted by molar-refractivity contribution is 5.96. The minimum Gasteiger partial charge on any atom is -0.508 e. The molecule has 0 aliphatic carbocycles. The van der Waals surface area contributed by atoms with Gasteiger partial charge in [0, 0.05) is 17.8 Å². The van der Waals surface area contributed by atoms with Crippen molar-refractivity contribution in [2.24, 2.45) is 0 Å². The number of hydrogen-bond acceptors (Lipinski definition) is 3. The lowest BCUT2D eigenvalue weighted by atomic mass is 10.1. The molecule has 0 unspecified atom stereocenters. The lowest BCUT2D eigenvalue weighted by molar-refractivity contribution is 0.0587. The monoisotopic (exact) mass is 259 g/mol. The molecule has 0 bridgehead atoms. The smallest absolute Gasteiger partial charge is 0.355 e. The summed E-state index contributed by atoms with van der Waals surface area (Å²) in [5, 5.41) is 9.55. The molecule has 0 spiro atoms. The Morgan fingerprint density at radius 1 is 1.32 bits per heavy atom. The molecule has 0 fully saturated rings. The number of benzene rings is 1. The van der Waals surface area contributed by atoms with Gasteiger partial charge >= 0.3 is 5.97 Å². The fourth-order valence-corrected chi connectivity index (χ4v) is 2.10. The van der Waals surface area contributed by atoms with Gasteiger partial charge < -0.3 is 14.4 Å². The number of aromatic hydroxyl groups is 1. The molecule has 0 aliphatic heterocycles. The van der Waals surface area contributed by atoms with Gasteiger partial charge in [-0.2, -0.15) is 0 Å². The van der Waals surface area contributed by atoms with Crippen LogP contribution in [0.25, 0.3) is 11.1 Å². The number of rotatable bonds is 3. The van der Waals surface area contributed by atoms with Gasteiger partial charge in [0.15, 0.2) is 0 Å². The number of carbonyl (C=O) groups excluding carboxylic acids is 1. The molecule has 0 aliphatic rings. The molecule has 2 aromatic rings. The van der Waals surface area contributed by atoms with E-state index in [1.165, 1.54) is 7.11 Å². The van der Waals surface area contributed by atoms with Crippen LogP contribution in [0.2, 0.25) is 0 Å². The second-order valence-electron chi connectivity index (χ2n) is 4.62. The number of phenolic OH excluding ortho intramolecular Hbond substituents is 1. The Morgan fingerprint density at radius 3 is 2.63 bits per heavy atom. The Kier molecular flexibility index (Phi) is 3.60. The normalized spacial score (nSPS) is 10.7. The SMILES string of the molecule is COC(=O)c1c(-c2cccc(O)c2)ccn1C(C)C. The zero-order valence-electron chi connectivity index (χ0n) is 11.3. The number of ether oxygens (including phenoxy) is 1. The second kappa shape index (κ2) is 5.18. The van der Waals surface area contributed by atoms with Gasteiger partial charge in [-0.15, -0.1) is 0 Å². The highest BCUT2D eigenvalue weighted by Gasteiger charge is 2.20. The minimum atomic E-state index is -0.378. The molecule has 4 heteroatoms. The van der Waals surface area contributed by atoms with Crippen molar-refractivity contribution in [3.05, 3.63) is 42.2 Å². The number of phenols is 1. The molecular weight excluding hydrogens is 242 g/mol. The van der Waals surface area contributed by atoms with Crippen molar-refractivity contribution >= 4 is 5.97 Å². The van der Waals surface area contributed by atoms with Crippen LogP contribution in [0.4, 0.5) is 0 Å². The van der Waals surface area contributed by atoms with Crippen molar-refractivity contribution in [2.45, 2.75) is 19.9 Å². The Bertz CT molecular complexity index is 599. The zero-order valence-corrected chi connectivity index (χ0v) is 11.3. The van der Waals surface area contributed by atoms with Crippen molar-refractivity contribution < 1.29 is 14.6 Å². The van der Waals surface area contributed by atoms with Crippen LogP contribution >= 0.6 is 0 Å². The van der Waals surface area contributed by atoms with E-state index in [1.54, 1.807) is 18.2 Å². The average Bonchev–Trinajstić information content (AvgIpc) is 2.82. The first-order valence-electron chi connectivity index (χ1n) is 6.13. The van der Waals surface area contributed by atoms with Crippen LogP contribution < -0.4 is 0 Å². The lowest BCUT2D eigenvalue weighted by Crippen LogP contribution is -2.12. The average molecular weight is 259 g/mol. The van der Waals surface area contributed by atoms with E-state index in [0.717, 1.165) is 11.1 Å². The van der Waals surface area contributed by atoms with Crippen LogP contribution in [0.5, 0.6) is 5.75 Å².